The fraction of sp³-hybridized carbons (Fsp3) is 0.824. The van der Waals surface area contributed by atoms with Crippen LogP contribution in [0, 0.1) is 0 Å². The summed E-state index contributed by atoms with van der Waals surface area (Å²) in [5, 5.41) is 0. The van der Waals surface area contributed by atoms with Gasteiger partial charge >= 0.3 is 5.97 Å². The largest absolute Gasteiger partial charge is 0.756 e. The van der Waals surface area contributed by atoms with E-state index >= 15 is 0 Å². The van der Waals surface area contributed by atoms with Crippen molar-refractivity contribution in [1.82, 2.24) is 0 Å². The molecule has 9 heteroatoms. The Morgan fingerprint density at radius 2 is 0.917 bits per heavy atom. The molecule has 0 aliphatic heterocycles. The van der Waals surface area contributed by atoms with Gasteiger partial charge in [-0.15, -0.1) is 0 Å². The minimum atomic E-state index is -4.53. The number of allylic oxidation sites excluding steroid dienone is 8. The van der Waals surface area contributed by atoms with Crippen LogP contribution < -0.4 is 4.89 Å². The molecule has 0 saturated carbocycles. The molecule has 0 aromatic rings. The third kappa shape index (κ3) is 47.5. The van der Waals surface area contributed by atoms with E-state index in [4.69, 9.17) is 18.5 Å². The Hall–Kier alpha value is -1.54. The topological polar surface area (TPSA) is 94.1 Å². The van der Waals surface area contributed by atoms with E-state index in [2.05, 4.69) is 62.5 Å². The molecule has 0 aromatic heterocycles. The molecule has 0 saturated heterocycles. The third-order valence-corrected chi connectivity index (χ3v) is 11.6. The van der Waals surface area contributed by atoms with E-state index in [1.807, 2.05) is 21.1 Å². The van der Waals surface area contributed by atoms with Gasteiger partial charge in [0, 0.05) is 13.0 Å². The van der Waals surface area contributed by atoms with Crippen molar-refractivity contribution in [3.8, 4) is 0 Å². The number of quaternary nitrogens is 1. The molecule has 0 aliphatic rings. The molecule has 60 heavy (non-hydrogen) atoms. The van der Waals surface area contributed by atoms with Gasteiger partial charge in [0.2, 0.25) is 0 Å². The number of hydrogen-bond donors (Lipinski definition) is 0. The number of phosphoric ester groups is 1. The van der Waals surface area contributed by atoms with Crippen LogP contribution >= 0.6 is 7.82 Å². The fourth-order valence-electron chi connectivity index (χ4n) is 6.72. The molecule has 0 spiro atoms. The number of phosphoric acid groups is 1. The monoisotopic (exact) mass is 866 g/mol. The zero-order valence-electron chi connectivity index (χ0n) is 39.9. The molecule has 0 heterocycles. The van der Waals surface area contributed by atoms with E-state index in [0.29, 0.717) is 24.1 Å². The third-order valence-electron chi connectivity index (χ3n) is 10.6. The Kier molecular flexibility index (Phi) is 43.0. The van der Waals surface area contributed by atoms with E-state index in [-0.39, 0.29) is 25.8 Å². The van der Waals surface area contributed by atoms with Gasteiger partial charge in [0.05, 0.1) is 34.4 Å². The van der Waals surface area contributed by atoms with Crippen molar-refractivity contribution in [3.63, 3.8) is 0 Å². The average molecular weight is 866 g/mol. The fourth-order valence-corrected chi connectivity index (χ4v) is 7.45. The van der Waals surface area contributed by atoms with Crippen LogP contribution in [-0.4, -0.2) is 70.7 Å². The first-order chi connectivity index (χ1) is 29.1. The van der Waals surface area contributed by atoms with Crippen molar-refractivity contribution in [3.05, 3.63) is 48.6 Å². The molecule has 352 valence electrons. The molecule has 0 fully saturated rings. The first kappa shape index (κ1) is 58.5. The van der Waals surface area contributed by atoms with Crippen LogP contribution in [0.4, 0.5) is 0 Å². The standard InChI is InChI=1S/C51H96NO7P/c1-6-8-10-12-14-16-18-20-21-22-23-24-25-26-27-28-29-30-31-32-33-35-37-39-41-43-46-56-48-50(49-58-60(54,55)57-47-45-52(3,4)5)59-51(53)44-42-40-38-36-34-19-17-15-13-11-9-7-2/h15,17-18,20,22-23,25-26,50H,6-14,16,19,21,24,27-49H2,1-5H3/b17-15-,20-18-,23-22-,26-25-. The lowest BCUT2D eigenvalue weighted by Crippen LogP contribution is -2.37. The van der Waals surface area contributed by atoms with Crippen LogP contribution in [0.25, 0.3) is 0 Å². The number of esters is 1. The molecule has 2 atom stereocenters. The summed E-state index contributed by atoms with van der Waals surface area (Å²) in [6, 6.07) is 0. The molecule has 8 nitrogen and oxygen atoms in total. The van der Waals surface area contributed by atoms with Crippen LogP contribution in [0.1, 0.15) is 213 Å². The van der Waals surface area contributed by atoms with Crippen LogP contribution in [-0.2, 0) is 27.9 Å². The van der Waals surface area contributed by atoms with Crippen LogP contribution in [0.15, 0.2) is 48.6 Å². The number of likely N-dealkylation sites (N-methyl/N-ethyl adjacent to an activating group) is 1. The predicted octanol–water partition coefficient (Wildman–Crippen LogP) is 14.5. The lowest BCUT2D eigenvalue weighted by molar-refractivity contribution is -0.870. The van der Waals surface area contributed by atoms with Gasteiger partial charge in [-0.2, -0.15) is 0 Å². The first-order valence-corrected chi connectivity index (χ1v) is 26.3. The molecule has 0 bridgehead atoms. The number of nitrogens with zero attached hydrogens (tertiary/aromatic N) is 1. The van der Waals surface area contributed by atoms with Gasteiger partial charge in [0.25, 0.3) is 7.82 Å². The smallest absolute Gasteiger partial charge is 0.306 e. The first-order valence-electron chi connectivity index (χ1n) is 24.9. The zero-order chi connectivity index (χ0) is 44.1. The summed E-state index contributed by atoms with van der Waals surface area (Å²) < 4.78 is 34.6. The van der Waals surface area contributed by atoms with Gasteiger partial charge in [0.15, 0.2) is 0 Å². The second-order valence-corrected chi connectivity index (χ2v) is 19.2. The SMILES string of the molecule is CCCCC/C=C\CCCCCCCC(=O)OC(COCCCCCCCCCCCCC/C=C\C/C=C\C/C=C\CCCCCCC)COP(=O)([O-])OCC[N+](C)(C)C. The molecular weight excluding hydrogens is 770 g/mol. The Bertz CT molecular complexity index is 1100. The molecule has 2 unspecified atom stereocenters. The highest BCUT2D eigenvalue weighted by Gasteiger charge is 2.20. The minimum Gasteiger partial charge on any atom is -0.756 e. The molecule has 0 radical (unpaired) electrons. The van der Waals surface area contributed by atoms with Gasteiger partial charge in [-0.3, -0.25) is 9.36 Å². The molecular formula is C51H96NO7P. The van der Waals surface area contributed by atoms with Crippen molar-refractivity contribution in [2.45, 2.75) is 219 Å². The second kappa shape index (κ2) is 44.1. The van der Waals surface area contributed by atoms with Crippen molar-refractivity contribution >= 4 is 13.8 Å². The Labute approximate surface area is 371 Å². The Morgan fingerprint density at radius 3 is 1.42 bits per heavy atom. The maximum Gasteiger partial charge on any atom is 0.306 e. The van der Waals surface area contributed by atoms with Gasteiger partial charge in [-0.25, -0.2) is 0 Å². The minimum absolute atomic E-state index is 0.0231. The van der Waals surface area contributed by atoms with Crippen molar-refractivity contribution in [2.24, 2.45) is 0 Å². The summed E-state index contributed by atoms with van der Waals surface area (Å²) in [5.74, 6) is -0.345. The van der Waals surface area contributed by atoms with Gasteiger partial charge < -0.3 is 27.9 Å². The van der Waals surface area contributed by atoms with E-state index in [0.717, 1.165) is 57.8 Å². The van der Waals surface area contributed by atoms with E-state index < -0.39 is 13.9 Å². The highest BCUT2D eigenvalue weighted by Crippen LogP contribution is 2.38. The van der Waals surface area contributed by atoms with Gasteiger partial charge in [-0.1, -0.05) is 178 Å². The van der Waals surface area contributed by atoms with Crippen LogP contribution in [0.5, 0.6) is 0 Å². The van der Waals surface area contributed by atoms with Crippen molar-refractivity contribution in [2.75, 3.05) is 54.1 Å². The average Bonchev–Trinajstić information content (AvgIpc) is 3.20. The maximum absolute atomic E-state index is 12.7. The van der Waals surface area contributed by atoms with Crippen LogP contribution in [0.2, 0.25) is 0 Å². The highest BCUT2D eigenvalue weighted by atomic mass is 31.2. The Balaban J connectivity index is 4.07. The number of carbonyl (C=O) groups is 1. The van der Waals surface area contributed by atoms with Gasteiger partial charge in [-0.05, 0) is 77.0 Å². The lowest BCUT2D eigenvalue weighted by atomic mass is 10.1. The van der Waals surface area contributed by atoms with E-state index in [1.54, 1.807) is 0 Å². The predicted molar refractivity (Wildman–Crippen MR) is 254 cm³/mol. The molecule has 0 aromatic carbocycles. The summed E-state index contributed by atoms with van der Waals surface area (Å²) in [4.78, 5) is 25.1. The number of unbranched alkanes of at least 4 members (excludes halogenated alkanes) is 24. The number of carbonyl (C=O) groups excluding carboxylic acids is 1. The molecule has 0 N–H and O–H groups in total. The molecule has 0 amide bonds. The zero-order valence-corrected chi connectivity index (χ0v) is 40.8. The second-order valence-electron chi connectivity index (χ2n) is 17.8. The summed E-state index contributed by atoms with van der Waals surface area (Å²) in [5.41, 5.74) is 0. The normalized spacial score (nSPS) is 14.0. The summed E-state index contributed by atoms with van der Waals surface area (Å²) >= 11 is 0. The summed E-state index contributed by atoms with van der Waals surface area (Å²) in [6.45, 7) is 5.37. The number of rotatable bonds is 46. The van der Waals surface area contributed by atoms with Gasteiger partial charge in [0.1, 0.15) is 19.3 Å². The van der Waals surface area contributed by atoms with E-state index in [9.17, 15) is 14.3 Å². The molecule has 0 rings (SSSR count). The van der Waals surface area contributed by atoms with E-state index in [1.165, 1.54) is 135 Å². The molecule has 0 aliphatic carbocycles. The van der Waals surface area contributed by atoms with Crippen molar-refractivity contribution in [1.29, 1.82) is 0 Å². The summed E-state index contributed by atoms with van der Waals surface area (Å²) in [7, 11) is 1.35. The highest BCUT2D eigenvalue weighted by molar-refractivity contribution is 7.45. The Morgan fingerprint density at radius 1 is 0.517 bits per heavy atom. The summed E-state index contributed by atoms with van der Waals surface area (Å²) in [6.07, 6.45) is 54.2. The number of hydrogen-bond acceptors (Lipinski definition) is 7. The van der Waals surface area contributed by atoms with Crippen molar-refractivity contribution < 1.29 is 37.3 Å². The maximum atomic E-state index is 12.7. The lowest BCUT2D eigenvalue weighted by Gasteiger charge is -2.28. The number of ether oxygens (including phenoxy) is 2. The quantitative estimate of drug-likeness (QED) is 0.0198. The van der Waals surface area contributed by atoms with Crippen LogP contribution in [0.3, 0.4) is 0 Å².